The predicted octanol–water partition coefficient (Wildman–Crippen LogP) is 6.07. The minimum Gasteiger partial charge on any atom is -0.335 e. The molecular formula is C31H22N8O2S. The van der Waals surface area contributed by atoms with Crippen LogP contribution < -0.4 is 5.32 Å². The number of hydrogen-bond donors (Lipinski definition) is 3. The van der Waals surface area contributed by atoms with Crippen LogP contribution in [0.1, 0.15) is 22.2 Å². The Morgan fingerprint density at radius 2 is 1.81 bits per heavy atom. The lowest BCUT2D eigenvalue weighted by molar-refractivity contribution is -0.115. The number of anilines is 1. The maximum absolute atomic E-state index is 12.6. The van der Waals surface area contributed by atoms with E-state index in [0.29, 0.717) is 33.3 Å². The van der Waals surface area contributed by atoms with E-state index in [1.54, 1.807) is 37.9 Å². The number of benzene rings is 1. The average Bonchev–Trinajstić information content (AvgIpc) is 3.75. The number of imidazole rings is 1. The van der Waals surface area contributed by atoms with Gasteiger partial charge in [0.05, 0.1) is 46.1 Å². The van der Waals surface area contributed by atoms with E-state index in [0.717, 1.165) is 38.0 Å². The SMILES string of the molecule is CC(=O)c1ccc(-c2cncc3[nH]c(-c4n[nH]c5c(-c6cncc(NC(=O)Cc7ccccc7)c6)nccc45)nc23)s1. The second-order valence-corrected chi connectivity index (χ2v) is 10.8. The van der Waals surface area contributed by atoms with E-state index in [1.807, 2.05) is 54.6 Å². The van der Waals surface area contributed by atoms with Gasteiger partial charge in [-0.3, -0.25) is 29.6 Å². The maximum Gasteiger partial charge on any atom is 0.228 e. The first-order valence-corrected chi connectivity index (χ1v) is 13.9. The normalized spacial score (nSPS) is 11.3. The summed E-state index contributed by atoms with van der Waals surface area (Å²) in [6.45, 7) is 1.56. The molecule has 6 aromatic heterocycles. The lowest BCUT2D eigenvalue weighted by Gasteiger charge is -2.07. The number of ketones is 1. The minimum atomic E-state index is -0.131. The summed E-state index contributed by atoms with van der Waals surface area (Å²) in [6, 6.07) is 17.0. The number of fused-ring (bicyclic) bond motifs is 2. The lowest BCUT2D eigenvalue weighted by atomic mass is 10.1. The highest BCUT2D eigenvalue weighted by atomic mass is 32.1. The summed E-state index contributed by atoms with van der Waals surface area (Å²) in [7, 11) is 0. The Hall–Kier alpha value is -5.55. The van der Waals surface area contributed by atoms with Gasteiger partial charge in [0.2, 0.25) is 5.91 Å². The number of rotatable bonds is 7. The zero-order valence-electron chi connectivity index (χ0n) is 22.3. The molecule has 42 heavy (non-hydrogen) atoms. The number of pyridine rings is 3. The fourth-order valence-electron chi connectivity index (χ4n) is 4.87. The van der Waals surface area contributed by atoms with Crippen LogP contribution in [0.25, 0.3) is 55.2 Å². The maximum atomic E-state index is 12.6. The minimum absolute atomic E-state index is 0.0248. The molecule has 1 aromatic carbocycles. The molecule has 3 N–H and O–H groups in total. The van der Waals surface area contributed by atoms with Crippen LogP contribution in [0.4, 0.5) is 5.69 Å². The Balaban J connectivity index is 1.21. The molecule has 7 rings (SSSR count). The van der Waals surface area contributed by atoms with Crippen molar-refractivity contribution in [1.82, 2.24) is 35.1 Å². The molecule has 0 saturated carbocycles. The van der Waals surface area contributed by atoms with Crippen LogP contribution in [0.15, 0.2) is 85.6 Å². The molecule has 0 bridgehead atoms. The molecule has 0 spiro atoms. The largest absolute Gasteiger partial charge is 0.335 e. The molecule has 0 atom stereocenters. The van der Waals surface area contributed by atoms with Gasteiger partial charge < -0.3 is 10.3 Å². The van der Waals surface area contributed by atoms with Gasteiger partial charge in [-0.25, -0.2) is 4.98 Å². The molecule has 1 amide bonds. The summed E-state index contributed by atoms with van der Waals surface area (Å²) in [4.78, 5) is 47.6. The van der Waals surface area contributed by atoms with Gasteiger partial charge in [0.25, 0.3) is 0 Å². The van der Waals surface area contributed by atoms with Crippen LogP contribution in [0, 0.1) is 0 Å². The lowest BCUT2D eigenvalue weighted by Crippen LogP contribution is -2.14. The van der Waals surface area contributed by atoms with Gasteiger partial charge in [-0.2, -0.15) is 5.10 Å². The average molecular weight is 571 g/mol. The third-order valence-corrected chi connectivity index (χ3v) is 8.04. The van der Waals surface area contributed by atoms with Crippen molar-refractivity contribution in [3.05, 3.63) is 96.0 Å². The van der Waals surface area contributed by atoms with Crippen molar-refractivity contribution in [2.24, 2.45) is 0 Å². The number of aromatic nitrogens is 7. The van der Waals surface area contributed by atoms with Crippen LogP contribution in [-0.2, 0) is 11.2 Å². The van der Waals surface area contributed by atoms with Gasteiger partial charge in [0.1, 0.15) is 11.2 Å². The van der Waals surface area contributed by atoms with E-state index < -0.39 is 0 Å². The second-order valence-electron chi connectivity index (χ2n) is 9.72. The summed E-state index contributed by atoms with van der Waals surface area (Å²) in [6.07, 6.45) is 8.76. The number of carbonyl (C=O) groups excluding carboxylic acids is 2. The summed E-state index contributed by atoms with van der Waals surface area (Å²) in [5.41, 5.74) is 6.56. The van der Waals surface area contributed by atoms with Crippen molar-refractivity contribution in [3.8, 4) is 33.2 Å². The molecule has 11 heteroatoms. The highest BCUT2D eigenvalue weighted by Gasteiger charge is 2.19. The second kappa shape index (κ2) is 10.5. The van der Waals surface area contributed by atoms with Gasteiger partial charge >= 0.3 is 0 Å². The first-order chi connectivity index (χ1) is 20.5. The predicted molar refractivity (Wildman–Crippen MR) is 162 cm³/mol. The number of nitrogens with zero attached hydrogens (tertiary/aromatic N) is 5. The molecule has 7 aromatic rings. The number of H-pyrrole nitrogens is 2. The topological polar surface area (TPSA) is 142 Å². The quantitative estimate of drug-likeness (QED) is 0.197. The Kier molecular flexibility index (Phi) is 6.32. The monoisotopic (exact) mass is 570 g/mol. The summed E-state index contributed by atoms with van der Waals surface area (Å²) in [5.74, 6) is 0.469. The molecule has 0 aliphatic carbocycles. The van der Waals surface area contributed by atoms with Crippen LogP contribution in [0.5, 0.6) is 0 Å². The molecule has 0 aliphatic rings. The highest BCUT2D eigenvalue weighted by Crippen LogP contribution is 2.35. The smallest absolute Gasteiger partial charge is 0.228 e. The third-order valence-electron chi connectivity index (χ3n) is 6.83. The number of thiophene rings is 1. The van der Waals surface area contributed by atoms with Crippen molar-refractivity contribution in [3.63, 3.8) is 0 Å². The van der Waals surface area contributed by atoms with Crippen molar-refractivity contribution in [2.45, 2.75) is 13.3 Å². The molecule has 0 unspecified atom stereocenters. The number of nitrogens with one attached hydrogen (secondary N) is 3. The van der Waals surface area contributed by atoms with E-state index in [1.165, 1.54) is 11.3 Å². The van der Waals surface area contributed by atoms with E-state index >= 15 is 0 Å². The van der Waals surface area contributed by atoms with Crippen molar-refractivity contribution in [1.29, 1.82) is 0 Å². The number of hydrogen-bond acceptors (Lipinski definition) is 8. The molecule has 0 saturated heterocycles. The molecular weight excluding hydrogens is 548 g/mol. The van der Waals surface area contributed by atoms with Crippen molar-refractivity contribution < 1.29 is 9.59 Å². The van der Waals surface area contributed by atoms with Crippen LogP contribution in [0.2, 0.25) is 0 Å². The summed E-state index contributed by atoms with van der Waals surface area (Å²) < 4.78 is 0. The molecule has 204 valence electrons. The van der Waals surface area contributed by atoms with E-state index in [2.05, 4.69) is 35.5 Å². The molecule has 0 radical (unpaired) electrons. The Morgan fingerprint density at radius 3 is 2.64 bits per heavy atom. The van der Waals surface area contributed by atoms with Gasteiger partial charge in [0.15, 0.2) is 11.6 Å². The highest BCUT2D eigenvalue weighted by molar-refractivity contribution is 7.17. The Morgan fingerprint density at radius 1 is 0.952 bits per heavy atom. The Bertz CT molecular complexity index is 2110. The summed E-state index contributed by atoms with van der Waals surface area (Å²) >= 11 is 1.42. The van der Waals surface area contributed by atoms with Gasteiger partial charge in [-0.1, -0.05) is 30.3 Å². The number of amides is 1. The number of aromatic amines is 2. The fourth-order valence-corrected chi connectivity index (χ4v) is 5.78. The van der Waals surface area contributed by atoms with Crippen molar-refractivity contribution in [2.75, 3.05) is 5.32 Å². The zero-order valence-corrected chi connectivity index (χ0v) is 23.1. The van der Waals surface area contributed by atoms with Crippen molar-refractivity contribution >= 4 is 50.7 Å². The number of Topliss-reactive ketones (excluding diaryl/α,β-unsaturated/α-hetero) is 1. The van der Waals surface area contributed by atoms with E-state index in [9.17, 15) is 9.59 Å². The molecule has 10 nitrogen and oxygen atoms in total. The fraction of sp³-hybridized carbons (Fsp3) is 0.0645. The molecule has 0 aliphatic heterocycles. The Labute approximate surface area is 242 Å². The van der Waals surface area contributed by atoms with E-state index in [-0.39, 0.29) is 18.1 Å². The first-order valence-electron chi connectivity index (χ1n) is 13.1. The van der Waals surface area contributed by atoms with Gasteiger partial charge in [0, 0.05) is 40.0 Å². The van der Waals surface area contributed by atoms with Crippen LogP contribution >= 0.6 is 11.3 Å². The first kappa shape index (κ1) is 25.4. The van der Waals surface area contributed by atoms with Gasteiger partial charge in [-0.05, 0) is 36.8 Å². The third kappa shape index (κ3) is 4.71. The standard InChI is InChI=1S/C31H22N8O2S/c1-17(40)24-7-8-25(42-24)22-15-33-16-23-28(22)37-31(36-23)30-21-9-10-34-27(29(21)38-39-30)19-12-20(14-32-13-19)35-26(41)11-18-5-3-2-4-6-18/h2-10,12-16H,11H2,1H3,(H,35,41)(H,36,37)(H,38,39). The summed E-state index contributed by atoms with van der Waals surface area (Å²) in [5, 5.41) is 11.4. The van der Waals surface area contributed by atoms with Crippen LogP contribution in [-0.4, -0.2) is 46.8 Å². The van der Waals surface area contributed by atoms with E-state index in [4.69, 9.17) is 4.98 Å². The molecule has 0 fully saturated rings. The van der Waals surface area contributed by atoms with Crippen LogP contribution in [0.3, 0.4) is 0 Å². The van der Waals surface area contributed by atoms with Gasteiger partial charge in [-0.15, -0.1) is 11.3 Å². The zero-order chi connectivity index (χ0) is 28.6. The molecule has 6 heterocycles. The number of carbonyl (C=O) groups is 2.